The monoisotopic (exact) mass is 150 g/mol. The summed E-state index contributed by atoms with van der Waals surface area (Å²) in [6.45, 7) is 4.03. The number of hydrazone groups is 1. The summed E-state index contributed by atoms with van der Waals surface area (Å²) in [6, 6.07) is 0. The van der Waals surface area contributed by atoms with Crippen LogP contribution in [0.25, 0.3) is 0 Å². The van der Waals surface area contributed by atoms with Crippen molar-refractivity contribution in [2.24, 2.45) is 11.0 Å². The maximum atomic E-state index is 10.9. The molecule has 0 fully saturated rings. The second-order valence-corrected chi connectivity index (χ2v) is 2.66. The Morgan fingerprint density at radius 3 is 3.00 bits per heavy atom. The van der Waals surface area contributed by atoms with Crippen molar-refractivity contribution in [3.05, 3.63) is 17.7 Å². The number of carbonyl (C=O) groups excluding carboxylic acids is 1. The van der Waals surface area contributed by atoms with Crippen LogP contribution in [-0.4, -0.2) is 11.8 Å². The number of rotatable bonds is 1. The Hall–Kier alpha value is -1.34. The first-order valence-corrected chi connectivity index (χ1v) is 3.50. The smallest absolute Gasteiger partial charge is 0.264 e. The third kappa shape index (κ3) is 2.06. The minimum Gasteiger partial charge on any atom is -0.268 e. The van der Waals surface area contributed by atoms with Crippen LogP contribution in [0.3, 0.4) is 0 Å². The molecule has 0 radical (unpaired) electrons. The van der Waals surface area contributed by atoms with Gasteiger partial charge < -0.3 is 0 Å². The van der Waals surface area contributed by atoms with Crippen molar-refractivity contribution in [3.63, 3.8) is 0 Å². The Kier molecular flexibility index (Phi) is 2.24. The van der Waals surface area contributed by atoms with Crippen LogP contribution in [0.5, 0.6) is 0 Å². The highest BCUT2D eigenvalue weighted by molar-refractivity contribution is 5.90. The zero-order valence-electron chi connectivity index (χ0n) is 6.59. The van der Waals surface area contributed by atoms with E-state index in [9.17, 15) is 4.79 Å². The van der Waals surface area contributed by atoms with Gasteiger partial charge >= 0.3 is 0 Å². The third-order valence-corrected chi connectivity index (χ3v) is 1.43. The molecule has 0 aromatic carbocycles. The average molecular weight is 150 g/mol. The summed E-state index contributed by atoms with van der Waals surface area (Å²) in [7, 11) is 0. The molecule has 11 heavy (non-hydrogen) atoms. The van der Waals surface area contributed by atoms with Crippen molar-refractivity contribution in [1.29, 1.82) is 0 Å². The largest absolute Gasteiger partial charge is 0.268 e. The van der Waals surface area contributed by atoms with Crippen LogP contribution in [-0.2, 0) is 4.79 Å². The second kappa shape index (κ2) is 3.17. The summed E-state index contributed by atoms with van der Waals surface area (Å²) in [5.74, 6) is 2.76. The minimum absolute atomic E-state index is 0.185. The summed E-state index contributed by atoms with van der Waals surface area (Å²) < 4.78 is 0. The lowest BCUT2D eigenvalue weighted by Crippen LogP contribution is -2.13. The Labute approximate surface area is 65.5 Å². The molecule has 0 aromatic heterocycles. The molecular formula is C8H10N2O. The highest BCUT2D eigenvalue weighted by Crippen LogP contribution is 2.09. The van der Waals surface area contributed by atoms with E-state index in [1.54, 1.807) is 6.08 Å². The first-order chi connectivity index (χ1) is 5.20. The number of hydrogen-bond acceptors (Lipinski definition) is 2. The van der Waals surface area contributed by atoms with Crippen molar-refractivity contribution in [3.8, 4) is 0 Å². The number of allylic oxidation sites excluding steroid dienone is 2. The number of nitrogens with one attached hydrogen (secondary N) is 1. The molecule has 1 heterocycles. The second-order valence-electron chi connectivity index (χ2n) is 2.66. The van der Waals surface area contributed by atoms with Crippen molar-refractivity contribution in [2.75, 3.05) is 0 Å². The predicted octanol–water partition coefficient (Wildman–Crippen LogP) is 0.839. The number of hydrogen-bond donors (Lipinski definition) is 1. The van der Waals surface area contributed by atoms with E-state index in [0.29, 0.717) is 5.92 Å². The van der Waals surface area contributed by atoms with E-state index in [2.05, 4.69) is 16.4 Å². The molecular weight excluding hydrogens is 140 g/mol. The summed E-state index contributed by atoms with van der Waals surface area (Å²) in [4.78, 5) is 10.9. The van der Waals surface area contributed by atoms with E-state index in [1.807, 2.05) is 13.8 Å². The van der Waals surface area contributed by atoms with Gasteiger partial charge in [0.1, 0.15) is 0 Å². The van der Waals surface area contributed by atoms with Gasteiger partial charge in [-0.05, 0) is 11.5 Å². The van der Waals surface area contributed by atoms with E-state index in [1.165, 1.54) is 6.08 Å². The van der Waals surface area contributed by atoms with Crippen LogP contribution < -0.4 is 5.43 Å². The lowest BCUT2D eigenvalue weighted by Gasteiger charge is -2.01. The van der Waals surface area contributed by atoms with E-state index in [0.717, 1.165) is 5.57 Å². The van der Waals surface area contributed by atoms with Crippen LogP contribution in [0.1, 0.15) is 13.8 Å². The molecule has 0 atom stereocenters. The van der Waals surface area contributed by atoms with Gasteiger partial charge in [0.2, 0.25) is 0 Å². The molecule has 1 N–H and O–H groups in total. The summed E-state index contributed by atoms with van der Waals surface area (Å²) in [5.41, 5.74) is 3.24. The summed E-state index contributed by atoms with van der Waals surface area (Å²) in [5, 5.41) is 3.53. The molecule has 1 aliphatic rings. The molecule has 0 spiro atoms. The van der Waals surface area contributed by atoms with Gasteiger partial charge in [-0.25, -0.2) is 5.43 Å². The predicted molar refractivity (Wildman–Crippen MR) is 43.1 cm³/mol. The summed E-state index contributed by atoms with van der Waals surface area (Å²) in [6.07, 6.45) is 3.25. The van der Waals surface area contributed by atoms with E-state index < -0.39 is 0 Å². The van der Waals surface area contributed by atoms with Gasteiger partial charge in [-0.15, -0.1) is 5.10 Å². The van der Waals surface area contributed by atoms with Gasteiger partial charge in [-0.3, -0.25) is 4.79 Å². The van der Waals surface area contributed by atoms with Crippen LogP contribution in [0.15, 0.2) is 22.8 Å². The Morgan fingerprint density at radius 1 is 1.64 bits per heavy atom. The van der Waals surface area contributed by atoms with Crippen molar-refractivity contribution in [2.45, 2.75) is 13.8 Å². The maximum absolute atomic E-state index is 10.9. The fourth-order valence-corrected chi connectivity index (χ4v) is 0.753. The van der Waals surface area contributed by atoms with E-state index in [-0.39, 0.29) is 5.91 Å². The Bertz CT molecular complexity index is 257. The molecule has 1 amide bonds. The van der Waals surface area contributed by atoms with Gasteiger partial charge in [0, 0.05) is 18.0 Å². The van der Waals surface area contributed by atoms with Crippen molar-refractivity contribution < 1.29 is 4.79 Å². The molecule has 0 saturated carbocycles. The van der Waals surface area contributed by atoms with Crippen LogP contribution in [0.2, 0.25) is 0 Å². The van der Waals surface area contributed by atoms with Gasteiger partial charge in [-0.2, -0.15) is 0 Å². The van der Waals surface area contributed by atoms with Crippen LogP contribution in [0.4, 0.5) is 0 Å². The lowest BCUT2D eigenvalue weighted by molar-refractivity contribution is -0.116. The van der Waals surface area contributed by atoms with Crippen LogP contribution in [0, 0.1) is 5.92 Å². The molecule has 58 valence electrons. The fourth-order valence-electron chi connectivity index (χ4n) is 0.753. The third-order valence-electron chi connectivity index (χ3n) is 1.43. The first-order valence-electron chi connectivity index (χ1n) is 3.50. The van der Waals surface area contributed by atoms with Gasteiger partial charge in [-0.1, -0.05) is 13.8 Å². The standard InChI is InChI=1S/C8H10N2O/c1-6(2)7-3-4-9-10-8(11)5-7/h3,5-6H,1-2H3,(H,10,11). The van der Waals surface area contributed by atoms with Gasteiger partial charge in [0.05, 0.1) is 0 Å². The zero-order valence-corrected chi connectivity index (χ0v) is 6.59. The molecule has 0 aliphatic carbocycles. The quantitative estimate of drug-likeness (QED) is 0.591. The molecule has 0 aromatic rings. The average Bonchev–Trinajstić information content (AvgIpc) is 2.13. The number of carbonyl (C=O) groups is 1. The molecule has 0 bridgehead atoms. The van der Waals surface area contributed by atoms with Crippen LogP contribution >= 0.6 is 0 Å². The normalized spacial score (nSPS) is 16.3. The minimum atomic E-state index is -0.185. The SMILES string of the molecule is CC(C)C1=CC(=O)NN=C=C1. The molecule has 1 aliphatic heterocycles. The Balaban J connectivity index is 2.92. The molecule has 1 rings (SSSR count). The van der Waals surface area contributed by atoms with Gasteiger partial charge in [0.25, 0.3) is 5.91 Å². The molecule has 3 heteroatoms. The number of nitrogens with zero attached hydrogens (tertiary/aromatic N) is 1. The molecule has 3 nitrogen and oxygen atoms in total. The highest BCUT2D eigenvalue weighted by atomic mass is 16.2. The lowest BCUT2D eigenvalue weighted by atomic mass is 10.0. The summed E-state index contributed by atoms with van der Waals surface area (Å²) >= 11 is 0. The van der Waals surface area contributed by atoms with E-state index in [4.69, 9.17) is 0 Å². The van der Waals surface area contributed by atoms with Gasteiger partial charge in [0.15, 0.2) is 0 Å². The molecule has 0 unspecified atom stereocenters. The first kappa shape index (κ1) is 7.76. The topological polar surface area (TPSA) is 41.5 Å². The van der Waals surface area contributed by atoms with Crippen molar-refractivity contribution >= 4 is 11.8 Å². The number of amides is 1. The van der Waals surface area contributed by atoms with E-state index >= 15 is 0 Å². The van der Waals surface area contributed by atoms with Crippen molar-refractivity contribution in [1.82, 2.24) is 5.43 Å². The maximum Gasteiger partial charge on any atom is 0.264 e. The fraction of sp³-hybridized carbons (Fsp3) is 0.375. The zero-order chi connectivity index (χ0) is 8.27. The highest BCUT2D eigenvalue weighted by Gasteiger charge is 2.04. The Morgan fingerprint density at radius 2 is 2.36 bits per heavy atom. The molecule has 0 saturated heterocycles.